The number of alkyl halides is 3. The molecule has 0 atom stereocenters. The molecule has 0 aromatic carbocycles. The van der Waals surface area contributed by atoms with E-state index in [-0.39, 0.29) is 5.95 Å². The summed E-state index contributed by atoms with van der Waals surface area (Å²) in [5.74, 6) is 0.604. The van der Waals surface area contributed by atoms with Gasteiger partial charge in [0.05, 0.1) is 5.56 Å². The van der Waals surface area contributed by atoms with E-state index in [1.54, 1.807) is 0 Å². The van der Waals surface area contributed by atoms with E-state index < -0.39 is 11.7 Å². The van der Waals surface area contributed by atoms with E-state index in [0.29, 0.717) is 12.5 Å². The number of hydrogen-bond donors (Lipinski definition) is 1. The summed E-state index contributed by atoms with van der Waals surface area (Å²) >= 11 is 0. The Bertz CT molecular complexity index is 305. The van der Waals surface area contributed by atoms with Gasteiger partial charge in [0.15, 0.2) is 0 Å². The molecule has 1 N–H and O–H groups in total. The Morgan fingerprint density at radius 3 is 2.20 bits per heavy atom. The maximum absolute atomic E-state index is 12.1. The van der Waals surface area contributed by atoms with Crippen molar-refractivity contribution in [2.45, 2.75) is 20.0 Å². The van der Waals surface area contributed by atoms with Crippen LogP contribution in [0.1, 0.15) is 19.4 Å². The summed E-state index contributed by atoms with van der Waals surface area (Å²) in [4.78, 5) is 7.15. The van der Waals surface area contributed by atoms with Crippen molar-refractivity contribution in [2.75, 3.05) is 11.9 Å². The Labute approximate surface area is 85.7 Å². The number of nitrogens with one attached hydrogen (secondary N) is 1. The number of anilines is 1. The molecule has 0 saturated heterocycles. The molecule has 0 spiro atoms. The maximum Gasteiger partial charge on any atom is 0.419 e. The van der Waals surface area contributed by atoms with E-state index in [0.717, 1.165) is 12.4 Å². The Morgan fingerprint density at radius 2 is 1.80 bits per heavy atom. The van der Waals surface area contributed by atoms with Crippen LogP contribution in [-0.4, -0.2) is 16.5 Å². The minimum Gasteiger partial charge on any atom is -0.354 e. The fourth-order valence-corrected chi connectivity index (χ4v) is 0.861. The van der Waals surface area contributed by atoms with Crippen molar-refractivity contribution in [1.29, 1.82) is 0 Å². The molecular weight excluding hydrogens is 207 g/mol. The zero-order valence-corrected chi connectivity index (χ0v) is 8.47. The minimum absolute atomic E-state index is 0.219. The predicted molar refractivity (Wildman–Crippen MR) is 50.4 cm³/mol. The van der Waals surface area contributed by atoms with Gasteiger partial charge in [-0.3, -0.25) is 0 Å². The smallest absolute Gasteiger partial charge is 0.354 e. The number of nitrogens with zero attached hydrogens (tertiary/aromatic N) is 2. The van der Waals surface area contributed by atoms with Gasteiger partial charge >= 0.3 is 6.18 Å². The highest BCUT2D eigenvalue weighted by Crippen LogP contribution is 2.27. The highest BCUT2D eigenvalue weighted by molar-refractivity contribution is 5.25. The van der Waals surface area contributed by atoms with Crippen molar-refractivity contribution in [3.05, 3.63) is 18.0 Å². The number of hydrogen-bond acceptors (Lipinski definition) is 3. The van der Waals surface area contributed by atoms with Gasteiger partial charge in [-0.05, 0) is 5.92 Å². The molecule has 0 unspecified atom stereocenters. The molecule has 1 aromatic heterocycles. The molecule has 6 heteroatoms. The highest BCUT2D eigenvalue weighted by Gasteiger charge is 2.31. The Kier molecular flexibility index (Phi) is 3.49. The SMILES string of the molecule is CC(C)CNc1ncc(C(F)(F)F)cn1. The molecule has 0 aliphatic carbocycles. The first kappa shape index (κ1) is 11.7. The van der Waals surface area contributed by atoms with Gasteiger partial charge in [-0.25, -0.2) is 9.97 Å². The molecule has 0 saturated carbocycles. The fraction of sp³-hybridized carbons (Fsp3) is 0.556. The van der Waals surface area contributed by atoms with Crippen LogP contribution in [0, 0.1) is 5.92 Å². The second-order valence-corrected chi connectivity index (χ2v) is 3.57. The van der Waals surface area contributed by atoms with E-state index in [2.05, 4.69) is 15.3 Å². The molecule has 0 bridgehead atoms. The van der Waals surface area contributed by atoms with Crippen LogP contribution in [0.25, 0.3) is 0 Å². The second-order valence-electron chi connectivity index (χ2n) is 3.57. The largest absolute Gasteiger partial charge is 0.419 e. The first-order valence-corrected chi connectivity index (χ1v) is 4.52. The number of halogens is 3. The second kappa shape index (κ2) is 4.46. The van der Waals surface area contributed by atoms with Gasteiger partial charge in [-0.15, -0.1) is 0 Å². The Morgan fingerprint density at radius 1 is 1.27 bits per heavy atom. The van der Waals surface area contributed by atoms with Crippen molar-refractivity contribution in [3.8, 4) is 0 Å². The van der Waals surface area contributed by atoms with E-state index in [1.807, 2.05) is 13.8 Å². The summed E-state index contributed by atoms with van der Waals surface area (Å²) in [6.07, 6.45) is -2.83. The highest BCUT2D eigenvalue weighted by atomic mass is 19.4. The van der Waals surface area contributed by atoms with E-state index in [1.165, 1.54) is 0 Å². The molecule has 1 aromatic rings. The number of rotatable bonds is 3. The lowest BCUT2D eigenvalue weighted by atomic mass is 10.2. The standard InChI is InChI=1S/C9H12F3N3/c1-6(2)3-13-8-14-4-7(5-15-8)9(10,11)12/h4-6H,3H2,1-2H3,(H,13,14,15). The predicted octanol–water partition coefficient (Wildman–Crippen LogP) is 2.56. The molecule has 0 amide bonds. The molecule has 0 radical (unpaired) electrons. The van der Waals surface area contributed by atoms with Gasteiger partial charge in [0.1, 0.15) is 0 Å². The average molecular weight is 219 g/mol. The van der Waals surface area contributed by atoms with Gasteiger partial charge in [-0.1, -0.05) is 13.8 Å². The summed E-state index contributed by atoms with van der Waals surface area (Å²) in [6.45, 7) is 4.60. The van der Waals surface area contributed by atoms with Crippen molar-refractivity contribution >= 4 is 5.95 Å². The van der Waals surface area contributed by atoms with E-state index in [4.69, 9.17) is 0 Å². The summed E-state index contributed by atoms with van der Waals surface area (Å²) in [7, 11) is 0. The Hall–Kier alpha value is -1.33. The molecular formula is C9H12F3N3. The monoisotopic (exact) mass is 219 g/mol. The number of aromatic nitrogens is 2. The molecule has 1 heterocycles. The first-order chi connectivity index (χ1) is 6.89. The summed E-state index contributed by atoms with van der Waals surface area (Å²) in [6, 6.07) is 0. The van der Waals surface area contributed by atoms with Gasteiger partial charge in [-0.2, -0.15) is 13.2 Å². The minimum atomic E-state index is -4.38. The van der Waals surface area contributed by atoms with Gasteiger partial charge in [0.25, 0.3) is 0 Å². The molecule has 0 aliphatic heterocycles. The van der Waals surface area contributed by atoms with Gasteiger partial charge < -0.3 is 5.32 Å². The lowest BCUT2D eigenvalue weighted by Crippen LogP contribution is -2.12. The first-order valence-electron chi connectivity index (χ1n) is 4.52. The zero-order chi connectivity index (χ0) is 11.5. The van der Waals surface area contributed by atoms with Crippen LogP contribution >= 0.6 is 0 Å². The van der Waals surface area contributed by atoms with Crippen LogP contribution in [0.15, 0.2) is 12.4 Å². The Balaban J connectivity index is 2.65. The summed E-state index contributed by atoms with van der Waals surface area (Å²) in [5.41, 5.74) is -0.836. The lowest BCUT2D eigenvalue weighted by Gasteiger charge is -2.08. The third-order valence-electron chi connectivity index (χ3n) is 1.65. The quantitative estimate of drug-likeness (QED) is 0.848. The molecule has 0 fully saturated rings. The average Bonchev–Trinajstić information content (AvgIpc) is 2.14. The van der Waals surface area contributed by atoms with Gasteiger partial charge in [0, 0.05) is 18.9 Å². The fourth-order valence-electron chi connectivity index (χ4n) is 0.861. The van der Waals surface area contributed by atoms with Crippen LogP contribution in [-0.2, 0) is 6.18 Å². The van der Waals surface area contributed by atoms with Crippen LogP contribution in [0.5, 0.6) is 0 Å². The van der Waals surface area contributed by atoms with Gasteiger partial charge in [0.2, 0.25) is 5.95 Å². The maximum atomic E-state index is 12.1. The van der Waals surface area contributed by atoms with Crippen molar-refractivity contribution in [3.63, 3.8) is 0 Å². The normalized spacial score (nSPS) is 11.9. The third kappa shape index (κ3) is 3.73. The molecule has 3 nitrogen and oxygen atoms in total. The molecule has 1 rings (SSSR count). The van der Waals surface area contributed by atoms with Crippen molar-refractivity contribution in [1.82, 2.24) is 9.97 Å². The van der Waals surface area contributed by atoms with Crippen molar-refractivity contribution in [2.24, 2.45) is 5.92 Å². The van der Waals surface area contributed by atoms with Crippen molar-refractivity contribution < 1.29 is 13.2 Å². The lowest BCUT2D eigenvalue weighted by molar-refractivity contribution is -0.138. The molecule has 84 valence electrons. The molecule has 0 aliphatic rings. The third-order valence-corrected chi connectivity index (χ3v) is 1.65. The van der Waals surface area contributed by atoms with Crippen LogP contribution in [0.2, 0.25) is 0 Å². The topological polar surface area (TPSA) is 37.8 Å². The molecule has 15 heavy (non-hydrogen) atoms. The summed E-state index contributed by atoms with van der Waals surface area (Å²) < 4.78 is 36.4. The van der Waals surface area contributed by atoms with Crippen LogP contribution in [0.4, 0.5) is 19.1 Å². The van der Waals surface area contributed by atoms with E-state index in [9.17, 15) is 13.2 Å². The van der Waals surface area contributed by atoms with Crippen LogP contribution < -0.4 is 5.32 Å². The van der Waals surface area contributed by atoms with E-state index >= 15 is 0 Å². The van der Waals surface area contributed by atoms with Crippen LogP contribution in [0.3, 0.4) is 0 Å². The zero-order valence-electron chi connectivity index (χ0n) is 8.47. The summed E-state index contributed by atoms with van der Waals surface area (Å²) in [5, 5.41) is 2.83.